The number of carboxylic acid groups (broad SMARTS) is 1. The summed E-state index contributed by atoms with van der Waals surface area (Å²) in [6.07, 6.45) is 2.18. The maximum Gasteiger partial charge on any atom is 0.326 e. The highest BCUT2D eigenvalue weighted by molar-refractivity contribution is 5.96. The minimum atomic E-state index is -1.15. The van der Waals surface area contributed by atoms with Crippen LogP contribution in [-0.4, -0.2) is 40.0 Å². The molecule has 1 rings (SSSR count). The Labute approximate surface area is 91.5 Å². The van der Waals surface area contributed by atoms with Crippen molar-refractivity contribution in [3.63, 3.8) is 0 Å². The van der Waals surface area contributed by atoms with Crippen molar-refractivity contribution in [2.75, 3.05) is 7.05 Å². The number of pyridine rings is 1. The first-order valence-electron chi connectivity index (χ1n) is 4.54. The predicted molar refractivity (Wildman–Crippen MR) is 53.4 cm³/mol. The average molecular weight is 226 g/mol. The fraction of sp³-hybridized carbons (Fsp3) is 0.300. The number of halogens is 1. The van der Waals surface area contributed by atoms with E-state index in [0.29, 0.717) is 0 Å². The highest BCUT2D eigenvalue weighted by Gasteiger charge is 2.24. The molecule has 1 heterocycles. The number of hydrogen-bond donors (Lipinski definition) is 1. The van der Waals surface area contributed by atoms with Gasteiger partial charge in [-0.1, -0.05) is 0 Å². The summed E-state index contributed by atoms with van der Waals surface area (Å²) in [6.45, 7) is 1.35. The molecular formula is C10H11FN2O3. The molecule has 0 aliphatic heterocycles. The Balaban J connectivity index is 2.95. The summed E-state index contributed by atoms with van der Waals surface area (Å²) in [5.41, 5.74) is -0.189. The fourth-order valence-electron chi connectivity index (χ4n) is 1.08. The van der Waals surface area contributed by atoms with Crippen molar-refractivity contribution in [3.8, 4) is 0 Å². The Bertz CT molecular complexity index is 422. The van der Waals surface area contributed by atoms with E-state index in [1.807, 2.05) is 0 Å². The minimum absolute atomic E-state index is 0.189. The molecule has 1 N–H and O–H groups in total. The Hall–Kier alpha value is -1.98. The van der Waals surface area contributed by atoms with Crippen LogP contribution in [0.2, 0.25) is 0 Å². The number of aliphatic carboxylic acids is 1. The zero-order valence-corrected chi connectivity index (χ0v) is 8.85. The molecule has 1 aromatic rings. The molecule has 0 bridgehead atoms. The number of hydrogen-bond acceptors (Lipinski definition) is 3. The lowest BCUT2D eigenvalue weighted by atomic mass is 10.2. The molecule has 0 saturated heterocycles. The van der Waals surface area contributed by atoms with Gasteiger partial charge in [-0.2, -0.15) is 0 Å². The van der Waals surface area contributed by atoms with E-state index < -0.39 is 23.7 Å². The van der Waals surface area contributed by atoms with E-state index >= 15 is 0 Å². The van der Waals surface area contributed by atoms with Gasteiger partial charge in [-0.05, 0) is 13.0 Å². The van der Waals surface area contributed by atoms with Crippen LogP contribution in [0.4, 0.5) is 4.39 Å². The van der Waals surface area contributed by atoms with E-state index in [9.17, 15) is 14.0 Å². The van der Waals surface area contributed by atoms with Crippen LogP contribution in [0, 0.1) is 5.82 Å². The molecule has 6 heteroatoms. The Morgan fingerprint density at radius 1 is 1.56 bits per heavy atom. The second-order valence-electron chi connectivity index (χ2n) is 3.29. The van der Waals surface area contributed by atoms with Crippen LogP contribution in [0.5, 0.6) is 0 Å². The lowest BCUT2D eigenvalue weighted by Crippen LogP contribution is -2.40. The van der Waals surface area contributed by atoms with E-state index in [1.54, 1.807) is 0 Å². The van der Waals surface area contributed by atoms with Gasteiger partial charge in [0.15, 0.2) is 5.82 Å². The zero-order valence-electron chi connectivity index (χ0n) is 8.85. The van der Waals surface area contributed by atoms with Crippen LogP contribution in [0.15, 0.2) is 18.5 Å². The Kier molecular flexibility index (Phi) is 3.55. The van der Waals surface area contributed by atoms with Gasteiger partial charge in [-0.15, -0.1) is 0 Å². The number of carbonyl (C=O) groups is 2. The summed E-state index contributed by atoms with van der Waals surface area (Å²) >= 11 is 0. The van der Waals surface area contributed by atoms with Gasteiger partial charge in [0.05, 0.1) is 11.8 Å². The number of carboxylic acids is 1. The summed E-state index contributed by atoms with van der Waals surface area (Å²) in [5.74, 6) is -2.60. The zero-order chi connectivity index (χ0) is 12.3. The van der Waals surface area contributed by atoms with Gasteiger partial charge in [0.1, 0.15) is 6.04 Å². The molecule has 5 nitrogen and oxygen atoms in total. The van der Waals surface area contributed by atoms with E-state index in [4.69, 9.17) is 5.11 Å². The standard InChI is InChI=1S/C10H11FN2O3/c1-6(10(15)16)13(2)9(14)7-3-4-12-5-8(7)11/h3-6H,1-2H3,(H,15,16). The summed E-state index contributed by atoms with van der Waals surface area (Å²) in [5, 5.41) is 8.72. The summed E-state index contributed by atoms with van der Waals surface area (Å²) in [6, 6.07) is 0.197. The Morgan fingerprint density at radius 3 is 2.69 bits per heavy atom. The van der Waals surface area contributed by atoms with Gasteiger partial charge in [0, 0.05) is 13.2 Å². The minimum Gasteiger partial charge on any atom is -0.480 e. The van der Waals surface area contributed by atoms with Crippen LogP contribution in [0.3, 0.4) is 0 Å². The monoisotopic (exact) mass is 226 g/mol. The van der Waals surface area contributed by atoms with E-state index in [2.05, 4.69) is 4.98 Å². The van der Waals surface area contributed by atoms with Crippen LogP contribution in [0.1, 0.15) is 17.3 Å². The third-order valence-electron chi connectivity index (χ3n) is 2.26. The molecule has 0 spiro atoms. The first kappa shape index (κ1) is 12.1. The molecule has 0 aliphatic rings. The van der Waals surface area contributed by atoms with Gasteiger partial charge < -0.3 is 10.0 Å². The summed E-state index contributed by atoms with van der Waals surface area (Å²) in [4.78, 5) is 26.8. The molecule has 1 unspecified atom stereocenters. The third kappa shape index (κ3) is 2.33. The lowest BCUT2D eigenvalue weighted by Gasteiger charge is -2.21. The van der Waals surface area contributed by atoms with Crippen LogP contribution >= 0.6 is 0 Å². The normalized spacial score (nSPS) is 11.9. The van der Waals surface area contributed by atoms with Crippen molar-refractivity contribution < 1.29 is 19.1 Å². The molecule has 1 amide bonds. The van der Waals surface area contributed by atoms with Crippen LogP contribution in [-0.2, 0) is 4.79 Å². The van der Waals surface area contributed by atoms with Gasteiger partial charge in [0.2, 0.25) is 0 Å². The van der Waals surface area contributed by atoms with Crippen molar-refractivity contribution in [2.24, 2.45) is 0 Å². The molecule has 1 aromatic heterocycles. The van der Waals surface area contributed by atoms with Crippen molar-refractivity contribution in [3.05, 3.63) is 29.8 Å². The molecule has 16 heavy (non-hydrogen) atoms. The SMILES string of the molecule is CC(C(=O)O)N(C)C(=O)c1ccncc1F. The van der Waals surface area contributed by atoms with Crippen LogP contribution < -0.4 is 0 Å². The molecule has 86 valence electrons. The molecule has 0 aliphatic carbocycles. The number of amides is 1. The first-order valence-corrected chi connectivity index (χ1v) is 4.54. The highest BCUT2D eigenvalue weighted by Crippen LogP contribution is 2.09. The number of rotatable bonds is 3. The molecule has 0 saturated carbocycles. The predicted octanol–water partition coefficient (Wildman–Crippen LogP) is 0.766. The summed E-state index contributed by atoms with van der Waals surface area (Å²) in [7, 11) is 1.31. The second-order valence-corrected chi connectivity index (χ2v) is 3.29. The summed E-state index contributed by atoms with van der Waals surface area (Å²) < 4.78 is 13.2. The van der Waals surface area contributed by atoms with E-state index in [0.717, 1.165) is 11.1 Å². The van der Waals surface area contributed by atoms with Crippen molar-refractivity contribution >= 4 is 11.9 Å². The molecule has 0 aromatic carbocycles. The maximum atomic E-state index is 13.2. The second kappa shape index (κ2) is 4.69. The quantitative estimate of drug-likeness (QED) is 0.826. The number of aromatic nitrogens is 1. The molecular weight excluding hydrogens is 215 g/mol. The van der Waals surface area contributed by atoms with Crippen molar-refractivity contribution in [2.45, 2.75) is 13.0 Å². The maximum absolute atomic E-state index is 13.2. The van der Waals surface area contributed by atoms with E-state index in [-0.39, 0.29) is 5.56 Å². The molecule has 0 fully saturated rings. The topological polar surface area (TPSA) is 70.5 Å². The average Bonchev–Trinajstić information content (AvgIpc) is 2.26. The number of likely N-dealkylation sites (N-methyl/N-ethyl adjacent to an activating group) is 1. The molecule has 1 atom stereocenters. The van der Waals surface area contributed by atoms with Crippen molar-refractivity contribution in [1.82, 2.24) is 9.88 Å². The van der Waals surface area contributed by atoms with E-state index in [1.165, 1.54) is 26.2 Å². The number of nitrogens with zero attached hydrogens (tertiary/aromatic N) is 2. The molecule has 0 radical (unpaired) electrons. The van der Waals surface area contributed by atoms with Gasteiger partial charge in [0.25, 0.3) is 5.91 Å². The smallest absolute Gasteiger partial charge is 0.326 e. The third-order valence-corrected chi connectivity index (χ3v) is 2.26. The van der Waals surface area contributed by atoms with Crippen LogP contribution in [0.25, 0.3) is 0 Å². The largest absolute Gasteiger partial charge is 0.480 e. The Morgan fingerprint density at radius 2 is 2.19 bits per heavy atom. The lowest BCUT2D eigenvalue weighted by molar-refractivity contribution is -0.141. The van der Waals surface area contributed by atoms with Gasteiger partial charge in [-0.3, -0.25) is 9.78 Å². The fourth-order valence-corrected chi connectivity index (χ4v) is 1.08. The van der Waals surface area contributed by atoms with Crippen molar-refractivity contribution in [1.29, 1.82) is 0 Å². The van der Waals surface area contributed by atoms with Gasteiger partial charge >= 0.3 is 5.97 Å². The highest BCUT2D eigenvalue weighted by atomic mass is 19.1. The van der Waals surface area contributed by atoms with Gasteiger partial charge in [-0.25, -0.2) is 9.18 Å². The number of carbonyl (C=O) groups excluding carboxylic acids is 1. The first-order chi connectivity index (χ1) is 7.45.